The number of nitrogens with two attached hydrogens (primary N) is 1. The van der Waals surface area contributed by atoms with Gasteiger partial charge in [0.1, 0.15) is 23.4 Å². The minimum Gasteiger partial charge on any atom is -0.345 e. The van der Waals surface area contributed by atoms with Crippen LogP contribution in [0.3, 0.4) is 0 Å². The van der Waals surface area contributed by atoms with Crippen LogP contribution in [-0.2, 0) is 17.1 Å². The summed E-state index contributed by atoms with van der Waals surface area (Å²) in [5.41, 5.74) is 2.54. The molecule has 1 fully saturated rings. The summed E-state index contributed by atoms with van der Waals surface area (Å²) >= 11 is 5.83. The van der Waals surface area contributed by atoms with Crippen LogP contribution in [0.25, 0.3) is 0 Å². The minimum absolute atomic E-state index is 0.0247. The number of alkyl halides is 6. The second kappa shape index (κ2) is 9.95. The van der Waals surface area contributed by atoms with Gasteiger partial charge in [0.25, 0.3) is 0 Å². The molecule has 2 heterocycles. The predicted octanol–water partition coefficient (Wildman–Crippen LogP) is 5.26. The van der Waals surface area contributed by atoms with Crippen molar-refractivity contribution in [1.29, 1.82) is 0 Å². The fourth-order valence-electron chi connectivity index (χ4n) is 3.72. The number of carbonyl (C=O) groups excluding carboxylic acids is 1. The van der Waals surface area contributed by atoms with Crippen molar-refractivity contribution < 1.29 is 35.5 Å². The maximum absolute atomic E-state index is 13.6. The van der Waals surface area contributed by atoms with E-state index >= 15 is 0 Å². The van der Waals surface area contributed by atoms with E-state index in [9.17, 15) is 35.5 Å². The van der Waals surface area contributed by atoms with Gasteiger partial charge in [0.2, 0.25) is 5.91 Å². The Morgan fingerprint density at radius 2 is 1.85 bits per heavy atom. The summed E-state index contributed by atoms with van der Waals surface area (Å²) in [5.74, 6) is -1.91. The lowest BCUT2D eigenvalue weighted by Gasteiger charge is -2.31. The molecule has 0 radical (unpaired) electrons. The molecule has 5 nitrogen and oxygen atoms in total. The number of rotatable bonds is 6. The van der Waals surface area contributed by atoms with Gasteiger partial charge < -0.3 is 15.5 Å². The van der Waals surface area contributed by atoms with Crippen LogP contribution < -0.4 is 15.5 Å². The van der Waals surface area contributed by atoms with Gasteiger partial charge in [-0.1, -0.05) is 11.6 Å². The molecule has 1 saturated heterocycles. The maximum Gasteiger partial charge on any atom is 0.433 e. The largest absolute Gasteiger partial charge is 0.433 e. The molecule has 2 aromatic rings. The zero-order valence-electron chi connectivity index (χ0n) is 17.6. The highest BCUT2D eigenvalue weighted by atomic mass is 35.5. The smallest absolute Gasteiger partial charge is 0.345 e. The van der Waals surface area contributed by atoms with Crippen molar-refractivity contribution in [2.24, 2.45) is 5.73 Å². The number of hydrogen-bond donors (Lipinski definition) is 1. The van der Waals surface area contributed by atoms with E-state index in [0.29, 0.717) is 18.9 Å². The molecular formula is C21H20ClF7N4O. The number of anilines is 2. The van der Waals surface area contributed by atoms with E-state index in [1.54, 1.807) is 0 Å². The number of benzene rings is 1. The molecule has 0 aliphatic carbocycles. The third-order valence-electron chi connectivity index (χ3n) is 5.33. The molecule has 1 aromatic heterocycles. The van der Waals surface area contributed by atoms with Crippen molar-refractivity contribution in [1.82, 2.24) is 4.98 Å². The number of pyridine rings is 1. The van der Waals surface area contributed by atoms with Crippen molar-refractivity contribution in [2.75, 3.05) is 29.4 Å². The van der Waals surface area contributed by atoms with Gasteiger partial charge in [0.05, 0.1) is 10.6 Å². The standard InChI is InChI=1S/C21H20ClF7N4O/c22-14-11-13(4-5-15(14)23)32(8-2-6-30)19(34)16-3-1-7-33(16)18-10-12(20(24,25)26)9-17(31-18)21(27,28)29/h4-5,9-11,16H,1-3,6-8,30H2/t16-/m0/s1. The fourth-order valence-corrected chi connectivity index (χ4v) is 3.89. The number of nitrogens with zero attached hydrogens (tertiary/aromatic N) is 3. The third-order valence-corrected chi connectivity index (χ3v) is 5.62. The van der Waals surface area contributed by atoms with Crippen LogP contribution in [0.2, 0.25) is 5.02 Å². The van der Waals surface area contributed by atoms with Crippen LogP contribution in [0, 0.1) is 5.82 Å². The van der Waals surface area contributed by atoms with Gasteiger partial charge in [-0.2, -0.15) is 26.3 Å². The summed E-state index contributed by atoms with van der Waals surface area (Å²) < 4.78 is 93.3. The molecule has 0 unspecified atom stereocenters. The second-order valence-electron chi connectivity index (χ2n) is 7.68. The lowest BCUT2D eigenvalue weighted by molar-refractivity contribution is -0.145. The Hall–Kier alpha value is -2.60. The lowest BCUT2D eigenvalue weighted by atomic mass is 10.1. The first-order chi connectivity index (χ1) is 15.8. The number of aromatic nitrogens is 1. The Balaban J connectivity index is 2.01. The molecule has 1 aliphatic rings. The SMILES string of the molecule is NCCCN(C(=O)[C@@H]1CCCN1c1cc(C(F)(F)F)cc(C(F)(F)F)n1)c1ccc(F)c(Cl)c1. The zero-order valence-corrected chi connectivity index (χ0v) is 18.3. The number of carbonyl (C=O) groups is 1. The number of amides is 1. The van der Waals surface area contributed by atoms with Crippen molar-refractivity contribution in [3.05, 3.63) is 52.4 Å². The molecule has 186 valence electrons. The molecule has 0 saturated carbocycles. The van der Waals surface area contributed by atoms with E-state index in [1.165, 1.54) is 17.0 Å². The van der Waals surface area contributed by atoms with Crippen molar-refractivity contribution in [3.63, 3.8) is 0 Å². The second-order valence-corrected chi connectivity index (χ2v) is 8.08. The van der Waals surface area contributed by atoms with Gasteiger partial charge in [-0.3, -0.25) is 4.79 Å². The Morgan fingerprint density at radius 1 is 1.15 bits per heavy atom. The van der Waals surface area contributed by atoms with Gasteiger partial charge in [-0.25, -0.2) is 9.37 Å². The molecule has 0 spiro atoms. The molecule has 34 heavy (non-hydrogen) atoms. The third kappa shape index (κ3) is 5.72. The zero-order chi connectivity index (χ0) is 25.3. The fraction of sp³-hybridized carbons (Fsp3) is 0.429. The first-order valence-electron chi connectivity index (χ1n) is 10.2. The molecule has 3 rings (SSSR count). The van der Waals surface area contributed by atoms with Gasteiger partial charge >= 0.3 is 12.4 Å². The van der Waals surface area contributed by atoms with Gasteiger partial charge in [-0.05, 0) is 56.1 Å². The number of halogens is 8. The van der Waals surface area contributed by atoms with Gasteiger partial charge in [0.15, 0.2) is 0 Å². The van der Waals surface area contributed by atoms with E-state index < -0.39 is 47.2 Å². The summed E-state index contributed by atoms with van der Waals surface area (Å²) in [4.78, 5) is 19.2. The van der Waals surface area contributed by atoms with Crippen LogP contribution in [0.15, 0.2) is 30.3 Å². The Kier molecular flexibility index (Phi) is 7.61. The van der Waals surface area contributed by atoms with Crippen LogP contribution >= 0.6 is 11.6 Å². The highest BCUT2D eigenvalue weighted by molar-refractivity contribution is 6.31. The van der Waals surface area contributed by atoms with E-state index in [0.717, 1.165) is 11.0 Å². The van der Waals surface area contributed by atoms with E-state index in [-0.39, 0.29) is 42.8 Å². The average Bonchev–Trinajstić information content (AvgIpc) is 3.24. The van der Waals surface area contributed by atoms with Crippen LogP contribution in [0.1, 0.15) is 30.5 Å². The summed E-state index contributed by atoms with van der Waals surface area (Å²) in [5, 5.41) is -0.249. The Bertz CT molecular complexity index is 1010. The first kappa shape index (κ1) is 26.0. The Labute approximate surface area is 195 Å². The summed E-state index contributed by atoms with van der Waals surface area (Å²) in [6, 6.07) is 2.92. The molecule has 2 N–H and O–H groups in total. The van der Waals surface area contributed by atoms with Crippen molar-refractivity contribution in [2.45, 2.75) is 37.7 Å². The van der Waals surface area contributed by atoms with E-state index in [4.69, 9.17) is 17.3 Å². The summed E-state index contributed by atoms with van der Waals surface area (Å²) in [6.07, 6.45) is -9.31. The first-order valence-corrected chi connectivity index (χ1v) is 10.6. The number of hydrogen-bond acceptors (Lipinski definition) is 4. The normalized spacial score (nSPS) is 16.7. The lowest BCUT2D eigenvalue weighted by Crippen LogP contribution is -2.47. The Morgan fingerprint density at radius 3 is 2.44 bits per heavy atom. The van der Waals surface area contributed by atoms with E-state index in [2.05, 4.69) is 4.98 Å². The molecule has 0 bridgehead atoms. The highest BCUT2D eigenvalue weighted by Crippen LogP contribution is 2.38. The van der Waals surface area contributed by atoms with Gasteiger partial charge in [-0.15, -0.1) is 0 Å². The molecule has 13 heteroatoms. The minimum atomic E-state index is -5.12. The van der Waals surface area contributed by atoms with Crippen LogP contribution in [0.5, 0.6) is 0 Å². The molecule has 1 aliphatic heterocycles. The van der Waals surface area contributed by atoms with Crippen molar-refractivity contribution >= 4 is 29.0 Å². The summed E-state index contributed by atoms with van der Waals surface area (Å²) in [7, 11) is 0. The molecule has 1 aromatic carbocycles. The van der Waals surface area contributed by atoms with Crippen LogP contribution in [0.4, 0.5) is 42.2 Å². The molecule has 1 atom stereocenters. The average molecular weight is 513 g/mol. The monoisotopic (exact) mass is 512 g/mol. The maximum atomic E-state index is 13.6. The van der Waals surface area contributed by atoms with Crippen molar-refractivity contribution in [3.8, 4) is 0 Å². The van der Waals surface area contributed by atoms with Gasteiger partial charge in [0, 0.05) is 18.8 Å². The predicted molar refractivity (Wildman–Crippen MR) is 112 cm³/mol. The molecule has 1 amide bonds. The summed E-state index contributed by atoms with van der Waals surface area (Å²) in [6.45, 7) is 0.319. The quantitative estimate of drug-likeness (QED) is 0.536. The highest BCUT2D eigenvalue weighted by Gasteiger charge is 2.41. The molecular weight excluding hydrogens is 493 g/mol. The van der Waals surface area contributed by atoms with Crippen LogP contribution in [-0.4, -0.2) is 36.6 Å². The topological polar surface area (TPSA) is 62.5 Å². The van der Waals surface area contributed by atoms with E-state index in [1.807, 2.05) is 0 Å².